The Balaban J connectivity index is 2.15. The van der Waals surface area contributed by atoms with Crippen molar-refractivity contribution in [2.75, 3.05) is 18.1 Å². The molecule has 1 aliphatic heterocycles. The molecule has 3 atom stereocenters. The maximum Gasteiger partial charge on any atom is 0.343 e. The molecule has 0 bridgehead atoms. The van der Waals surface area contributed by atoms with Gasteiger partial charge in [-0.3, -0.25) is 0 Å². The first kappa shape index (κ1) is 15.4. The Morgan fingerprint density at radius 1 is 1.50 bits per heavy atom. The molecule has 0 radical (unpaired) electrons. The number of carbonyl (C=O) groups excluding carboxylic acids is 1. The topological polar surface area (TPSA) is 78.1 Å². The maximum absolute atomic E-state index is 11.7. The molecule has 110 valence electrons. The Morgan fingerprint density at radius 2 is 2.25 bits per heavy atom. The number of hydrogen-bond acceptors (Lipinski definition) is 7. The van der Waals surface area contributed by atoms with Gasteiger partial charge in [0.1, 0.15) is 17.2 Å². The van der Waals surface area contributed by atoms with Crippen LogP contribution in [-0.2, 0) is 4.74 Å². The van der Waals surface area contributed by atoms with Crippen LogP contribution in [0.3, 0.4) is 0 Å². The number of ether oxygens (including phenoxy) is 1. The van der Waals surface area contributed by atoms with Gasteiger partial charge in [0.05, 0.1) is 11.9 Å². The van der Waals surface area contributed by atoms with Gasteiger partial charge in [0.2, 0.25) is 0 Å². The van der Waals surface area contributed by atoms with Crippen molar-refractivity contribution in [1.82, 2.24) is 9.97 Å². The molecule has 2 heterocycles. The SMILES string of the molecule is CCOC(=O)c1cnc(C2CSC(C)C(C)S2)nc1N. The fourth-order valence-electron chi connectivity index (χ4n) is 1.85. The van der Waals surface area contributed by atoms with E-state index in [0.717, 1.165) is 5.75 Å². The van der Waals surface area contributed by atoms with Crippen LogP contribution in [0.25, 0.3) is 0 Å². The Bertz CT molecular complexity index is 499. The third-order valence-electron chi connectivity index (χ3n) is 3.17. The summed E-state index contributed by atoms with van der Waals surface area (Å²) in [7, 11) is 0. The number of thioether (sulfide) groups is 2. The molecule has 0 spiro atoms. The largest absolute Gasteiger partial charge is 0.462 e. The van der Waals surface area contributed by atoms with E-state index in [1.54, 1.807) is 6.92 Å². The summed E-state index contributed by atoms with van der Waals surface area (Å²) in [5, 5.41) is 1.41. The first-order valence-electron chi connectivity index (χ1n) is 6.59. The number of esters is 1. The smallest absolute Gasteiger partial charge is 0.343 e. The van der Waals surface area contributed by atoms with E-state index in [0.29, 0.717) is 22.9 Å². The van der Waals surface area contributed by atoms with Gasteiger partial charge in [-0.2, -0.15) is 11.8 Å². The number of nitrogens with zero attached hydrogens (tertiary/aromatic N) is 2. The second kappa shape index (κ2) is 6.67. The Kier molecular flexibility index (Phi) is 5.15. The molecule has 20 heavy (non-hydrogen) atoms. The summed E-state index contributed by atoms with van der Waals surface area (Å²) >= 11 is 3.78. The van der Waals surface area contributed by atoms with Gasteiger partial charge >= 0.3 is 5.97 Å². The average Bonchev–Trinajstić information content (AvgIpc) is 2.42. The monoisotopic (exact) mass is 313 g/mol. The van der Waals surface area contributed by atoms with Crippen LogP contribution < -0.4 is 5.73 Å². The van der Waals surface area contributed by atoms with E-state index in [2.05, 4.69) is 23.8 Å². The molecule has 1 fully saturated rings. The van der Waals surface area contributed by atoms with Gasteiger partial charge in [-0.15, -0.1) is 11.8 Å². The Hall–Kier alpha value is -0.950. The third kappa shape index (κ3) is 3.38. The van der Waals surface area contributed by atoms with Crippen molar-refractivity contribution in [2.45, 2.75) is 36.5 Å². The zero-order chi connectivity index (χ0) is 14.7. The number of aromatic nitrogens is 2. The van der Waals surface area contributed by atoms with Crippen LogP contribution in [0.2, 0.25) is 0 Å². The minimum atomic E-state index is -0.468. The molecule has 2 N–H and O–H groups in total. The lowest BCUT2D eigenvalue weighted by Crippen LogP contribution is -2.23. The van der Waals surface area contributed by atoms with Gasteiger partial charge < -0.3 is 10.5 Å². The van der Waals surface area contributed by atoms with Crippen molar-refractivity contribution in [3.63, 3.8) is 0 Å². The molecule has 5 nitrogen and oxygen atoms in total. The summed E-state index contributed by atoms with van der Waals surface area (Å²) in [4.78, 5) is 20.2. The minimum Gasteiger partial charge on any atom is -0.462 e. The highest BCUT2D eigenvalue weighted by Crippen LogP contribution is 2.43. The number of anilines is 1. The van der Waals surface area contributed by atoms with Crippen LogP contribution in [0.15, 0.2) is 6.20 Å². The van der Waals surface area contributed by atoms with Crippen molar-refractivity contribution in [2.24, 2.45) is 0 Å². The molecular weight excluding hydrogens is 294 g/mol. The van der Waals surface area contributed by atoms with E-state index >= 15 is 0 Å². The molecule has 1 aliphatic rings. The van der Waals surface area contributed by atoms with Crippen LogP contribution in [0.1, 0.15) is 42.2 Å². The molecule has 2 rings (SSSR count). The van der Waals surface area contributed by atoms with Gasteiger partial charge in [0, 0.05) is 22.4 Å². The fourth-order valence-corrected chi connectivity index (χ4v) is 4.70. The van der Waals surface area contributed by atoms with Crippen LogP contribution in [0.5, 0.6) is 0 Å². The molecule has 0 aliphatic carbocycles. The third-order valence-corrected chi connectivity index (χ3v) is 6.56. The van der Waals surface area contributed by atoms with Crippen molar-refractivity contribution in [3.8, 4) is 0 Å². The highest BCUT2D eigenvalue weighted by Gasteiger charge is 2.29. The molecule has 7 heteroatoms. The highest BCUT2D eigenvalue weighted by atomic mass is 32.2. The lowest BCUT2D eigenvalue weighted by atomic mass is 10.3. The van der Waals surface area contributed by atoms with Gasteiger partial charge in [0.15, 0.2) is 0 Å². The molecule has 0 saturated carbocycles. The minimum absolute atomic E-state index is 0.199. The number of rotatable bonds is 3. The van der Waals surface area contributed by atoms with Crippen LogP contribution in [-0.4, -0.2) is 38.8 Å². The molecule has 1 aromatic heterocycles. The summed E-state index contributed by atoms with van der Waals surface area (Å²) in [5.41, 5.74) is 6.09. The number of nitrogens with two attached hydrogens (primary N) is 1. The summed E-state index contributed by atoms with van der Waals surface area (Å²) in [6.45, 7) is 6.51. The lowest BCUT2D eigenvalue weighted by Gasteiger charge is -2.30. The fraction of sp³-hybridized carbons (Fsp3) is 0.615. The Labute approximate surface area is 127 Å². The molecule has 3 unspecified atom stereocenters. The summed E-state index contributed by atoms with van der Waals surface area (Å²) < 4.78 is 4.92. The van der Waals surface area contributed by atoms with Crippen molar-refractivity contribution >= 4 is 35.3 Å². The van der Waals surface area contributed by atoms with Gasteiger partial charge in [-0.25, -0.2) is 14.8 Å². The van der Waals surface area contributed by atoms with Crippen LogP contribution >= 0.6 is 23.5 Å². The standard InChI is InChI=1S/C13H19N3O2S2/c1-4-18-13(17)9-5-15-12(16-11(9)14)10-6-19-7(2)8(3)20-10/h5,7-8,10H,4,6H2,1-3H3,(H2,14,15,16). The van der Waals surface area contributed by atoms with Gasteiger partial charge in [-0.1, -0.05) is 13.8 Å². The molecule has 0 aromatic carbocycles. The van der Waals surface area contributed by atoms with E-state index in [9.17, 15) is 4.79 Å². The van der Waals surface area contributed by atoms with Crippen LogP contribution in [0, 0.1) is 0 Å². The van der Waals surface area contributed by atoms with Gasteiger partial charge in [-0.05, 0) is 6.92 Å². The van der Waals surface area contributed by atoms with Crippen molar-refractivity contribution in [1.29, 1.82) is 0 Å². The first-order chi connectivity index (χ1) is 9.52. The number of carbonyl (C=O) groups is 1. The molecular formula is C13H19N3O2S2. The average molecular weight is 313 g/mol. The zero-order valence-electron chi connectivity index (χ0n) is 11.8. The van der Waals surface area contributed by atoms with Crippen molar-refractivity contribution < 1.29 is 9.53 Å². The predicted octanol–water partition coefficient (Wildman–Crippen LogP) is 2.53. The quantitative estimate of drug-likeness (QED) is 0.859. The zero-order valence-corrected chi connectivity index (χ0v) is 13.5. The van der Waals surface area contributed by atoms with Gasteiger partial charge in [0.25, 0.3) is 0 Å². The Morgan fingerprint density at radius 3 is 2.85 bits per heavy atom. The second-order valence-electron chi connectivity index (χ2n) is 4.62. The number of hydrogen-bond donors (Lipinski definition) is 1. The number of nitrogen functional groups attached to an aromatic ring is 1. The summed E-state index contributed by atoms with van der Waals surface area (Å²) in [5.74, 6) is 1.40. The first-order valence-corrected chi connectivity index (χ1v) is 8.58. The van der Waals surface area contributed by atoms with E-state index in [1.165, 1.54) is 6.20 Å². The van der Waals surface area contributed by atoms with E-state index < -0.39 is 5.97 Å². The molecule has 1 saturated heterocycles. The summed E-state index contributed by atoms with van der Waals surface area (Å²) in [6.07, 6.45) is 1.48. The molecule has 1 aromatic rings. The normalized spacial score (nSPS) is 26.2. The summed E-state index contributed by atoms with van der Waals surface area (Å²) in [6, 6.07) is 0. The van der Waals surface area contributed by atoms with E-state index in [-0.39, 0.29) is 16.6 Å². The lowest BCUT2D eigenvalue weighted by molar-refractivity contribution is 0.0526. The second-order valence-corrected chi connectivity index (χ2v) is 7.61. The van der Waals surface area contributed by atoms with Crippen LogP contribution in [0.4, 0.5) is 5.82 Å². The van der Waals surface area contributed by atoms with E-state index in [1.807, 2.05) is 23.5 Å². The van der Waals surface area contributed by atoms with E-state index in [4.69, 9.17) is 10.5 Å². The maximum atomic E-state index is 11.7. The van der Waals surface area contributed by atoms with Crippen molar-refractivity contribution in [3.05, 3.63) is 17.6 Å². The predicted molar refractivity (Wildman–Crippen MR) is 84.1 cm³/mol. The molecule has 0 amide bonds. The highest BCUT2D eigenvalue weighted by molar-refractivity contribution is 8.07.